The summed E-state index contributed by atoms with van der Waals surface area (Å²) >= 11 is 1.92. The Kier molecular flexibility index (Phi) is 6.01. The van der Waals surface area contributed by atoms with Crippen LogP contribution in [0.15, 0.2) is 54.6 Å². The van der Waals surface area contributed by atoms with Crippen molar-refractivity contribution in [1.29, 1.82) is 5.26 Å². The molecule has 0 aliphatic carbocycles. The SMILES string of the molecule is N#Cc1ccc(OCCCSCc2ccccc2)cc1. The molecule has 0 aliphatic heterocycles. The van der Waals surface area contributed by atoms with Crippen LogP contribution in [-0.4, -0.2) is 12.4 Å². The van der Waals surface area contributed by atoms with Crippen LogP contribution >= 0.6 is 11.8 Å². The van der Waals surface area contributed by atoms with Crippen LogP contribution in [0, 0.1) is 11.3 Å². The van der Waals surface area contributed by atoms with Crippen LogP contribution in [0.3, 0.4) is 0 Å². The maximum Gasteiger partial charge on any atom is 0.119 e. The van der Waals surface area contributed by atoms with Crippen molar-refractivity contribution in [3.63, 3.8) is 0 Å². The van der Waals surface area contributed by atoms with Crippen LogP contribution in [0.4, 0.5) is 0 Å². The number of benzene rings is 2. The monoisotopic (exact) mass is 283 g/mol. The quantitative estimate of drug-likeness (QED) is 0.712. The molecule has 0 bridgehead atoms. The van der Waals surface area contributed by atoms with Crippen LogP contribution in [0.5, 0.6) is 5.75 Å². The molecule has 0 N–H and O–H groups in total. The highest BCUT2D eigenvalue weighted by Gasteiger charge is 1.96. The Hall–Kier alpha value is -1.92. The van der Waals surface area contributed by atoms with Crippen LogP contribution in [-0.2, 0) is 5.75 Å². The molecule has 20 heavy (non-hydrogen) atoms. The first-order valence-electron chi connectivity index (χ1n) is 6.63. The minimum atomic E-state index is 0.663. The zero-order valence-corrected chi connectivity index (χ0v) is 12.1. The Morgan fingerprint density at radius 3 is 2.45 bits per heavy atom. The fourth-order valence-electron chi connectivity index (χ4n) is 1.74. The molecule has 2 nitrogen and oxygen atoms in total. The van der Waals surface area contributed by atoms with E-state index < -0.39 is 0 Å². The van der Waals surface area contributed by atoms with Crippen LogP contribution in [0.25, 0.3) is 0 Å². The molecule has 102 valence electrons. The standard InChI is InChI=1S/C17H17NOS/c18-13-15-7-9-17(10-8-15)19-11-4-12-20-14-16-5-2-1-3-6-16/h1-3,5-10H,4,11-12,14H2. The van der Waals surface area contributed by atoms with E-state index in [1.54, 1.807) is 12.1 Å². The number of thioether (sulfide) groups is 1. The average Bonchev–Trinajstić information content (AvgIpc) is 2.52. The lowest BCUT2D eigenvalue weighted by Gasteiger charge is -2.06. The third-order valence-electron chi connectivity index (χ3n) is 2.80. The highest BCUT2D eigenvalue weighted by molar-refractivity contribution is 7.98. The number of nitriles is 1. The van der Waals surface area contributed by atoms with Gasteiger partial charge in [0.2, 0.25) is 0 Å². The second kappa shape index (κ2) is 8.29. The van der Waals surface area contributed by atoms with Crippen molar-refractivity contribution < 1.29 is 4.74 Å². The molecule has 2 rings (SSSR count). The van der Waals surface area contributed by atoms with E-state index in [0.29, 0.717) is 12.2 Å². The first-order chi connectivity index (χ1) is 9.88. The molecule has 2 aromatic rings. The van der Waals surface area contributed by atoms with E-state index in [1.165, 1.54) is 5.56 Å². The summed E-state index contributed by atoms with van der Waals surface area (Å²) in [7, 11) is 0. The third kappa shape index (κ3) is 4.99. The fraction of sp³-hybridized carbons (Fsp3) is 0.235. The van der Waals surface area contributed by atoms with Gasteiger partial charge in [-0.2, -0.15) is 17.0 Å². The lowest BCUT2D eigenvalue weighted by Crippen LogP contribution is -1.98. The lowest BCUT2D eigenvalue weighted by atomic mass is 10.2. The van der Waals surface area contributed by atoms with Crippen molar-refractivity contribution in [2.45, 2.75) is 12.2 Å². The summed E-state index contributed by atoms with van der Waals surface area (Å²) in [4.78, 5) is 0. The molecule has 2 aromatic carbocycles. The molecule has 0 aliphatic rings. The second-order valence-corrected chi connectivity index (χ2v) is 5.48. The summed E-state index contributed by atoms with van der Waals surface area (Å²) in [5.41, 5.74) is 2.03. The minimum absolute atomic E-state index is 0.663. The van der Waals surface area contributed by atoms with E-state index in [-0.39, 0.29) is 0 Å². The van der Waals surface area contributed by atoms with Gasteiger partial charge in [-0.3, -0.25) is 0 Å². The van der Waals surface area contributed by atoms with E-state index >= 15 is 0 Å². The van der Waals surface area contributed by atoms with Crippen LogP contribution in [0.2, 0.25) is 0 Å². The number of nitrogens with zero attached hydrogens (tertiary/aromatic N) is 1. The van der Waals surface area contributed by atoms with Crippen molar-refractivity contribution in [2.75, 3.05) is 12.4 Å². The van der Waals surface area contributed by atoms with Crippen LogP contribution < -0.4 is 4.74 Å². The van der Waals surface area contributed by atoms with Gasteiger partial charge in [-0.15, -0.1) is 0 Å². The van der Waals surface area contributed by atoms with Crippen molar-refractivity contribution in [3.05, 3.63) is 65.7 Å². The number of ether oxygens (including phenoxy) is 1. The molecule has 0 saturated heterocycles. The first kappa shape index (κ1) is 14.5. The van der Waals surface area contributed by atoms with Gasteiger partial charge in [0.15, 0.2) is 0 Å². The molecule has 0 atom stereocenters. The molecule has 0 saturated carbocycles. The van der Waals surface area contributed by atoms with Gasteiger partial charge in [0.05, 0.1) is 18.2 Å². The van der Waals surface area contributed by atoms with E-state index in [0.717, 1.165) is 23.7 Å². The number of rotatable bonds is 7. The van der Waals surface area contributed by atoms with E-state index in [1.807, 2.05) is 30.0 Å². The topological polar surface area (TPSA) is 33.0 Å². The Labute approximate surface area is 124 Å². The lowest BCUT2D eigenvalue weighted by molar-refractivity contribution is 0.318. The van der Waals surface area contributed by atoms with Crippen molar-refractivity contribution in [2.24, 2.45) is 0 Å². The molecule has 0 heterocycles. The maximum atomic E-state index is 8.70. The van der Waals surface area contributed by atoms with Gasteiger partial charge in [0, 0.05) is 5.75 Å². The Morgan fingerprint density at radius 2 is 1.75 bits per heavy atom. The summed E-state index contributed by atoms with van der Waals surface area (Å²) in [5, 5.41) is 8.70. The Morgan fingerprint density at radius 1 is 1.00 bits per heavy atom. The summed E-state index contributed by atoms with van der Waals surface area (Å²) in [6.07, 6.45) is 1.03. The Bertz CT molecular complexity index is 545. The van der Waals surface area contributed by atoms with Gasteiger partial charge < -0.3 is 4.74 Å². The molecule has 0 fully saturated rings. The largest absolute Gasteiger partial charge is 0.494 e. The van der Waals surface area contributed by atoms with Gasteiger partial charge in [-0.05, 0) is 42.0 Å². The molecule has 0 spiro atoms. The fourth-order valence-corrected chi connectivity index (χ4v) is 2.64. The minimum Gasteiger partial charge on any atom is -0.494 e. The Balaban J connectivity index is 1.58. The van der Waals surface area contributed by atoms with E-state index in [9.17, 15) is 0 Å². The maximum absolute atomic E-state index is 8.70. The summed E-state index contributed by atoms with van der Waals surface area (Å²) < 4.78 is 5.64. The van der Waals surface area contributed by atoms with Gasteiger partial charge in [0.25, 0.3) is 0 Å². The number of hydrogen-bond donors (Lipinski definition) is 0. The van der Waals surface area contributed by atoms with Gasteiger partial charge in [0.1, 0.15) is 5.75 Å². The van der Waals surface area contributed by atoms with E-state index in [4.69, 9.17) is 10.00 Å². The highest BCUT2D eigenvalue weighted by atomic mass is 32.2. The van der Waals surface area contributed by atoms with Crippen LogP contribution in [0.1, 0.15) is 17.5 Å². The molecule has 0 amide bonds. The predicted molar refractivity (Wildman–Crippen MR) is 83.9 cm³/mol. The predicted octanol–water partition coefficient (Wildman–Crippen LogP) is 4.26. The average molecular weight is 283 g/mol. The summed E-state index contributed by atoms with van der Waals surface area (Å²) in [6, 6.07) is 19.8. The molecule has 0 radical (unpaired) electrons. The molecular formula is C17H17NOS. The molecule has 3 heteroatoms. The van der Waals surface area contributed by atoms with E-state index in [2.05, 4.69) is 30.3 Å². The van der Waals surface area contributed by atoms with Gasteiger partial charge in [-0.25, -0.2) is 0 Å². The first-order valence-corrected chi connectivity index (χ1v) is 7.78. The van der Waals surface area contributed by atoms with Gasteiger partial charge in [-0.1, -0.05) is 30.3 Å². The smallest absolute Gasteiger partial charge is 0.119 e. The zero-order valence-electron chi connectivity index (χ0n) is 11.3. The van der Waals surface area contributed by atoms with Crippen molar-refractivity contribution >= 4 is 11.8 Å². The van der Waals surface area contributed by atoms with Crippen molar-refractivity contribution in [1.82, 2.24) is 0 Å². The normalized spacial score (nSPS) is 9.95. The highest BCUT2D eigenvalue weighted by Crippen LogP contribution is 2.14. The second-order valence-electron chi connectivity index (χ2n) is 4.38. The molecule has 0 aromatic heterocycles. The summed E-state index contributed by atoms with van der Waals surface area (Å²) in [6.45, 7) is 0.716. The zero-order chi connectivity index (χ0) is 14.0. The van der Waals surface area contributed by atoms with Crippen molar-refractivity contribution in [3.8, 4) is 11.8 Å². The third-order valence-corrected chi connectivity index (χ3v) is 3.91. The van der Waals surface area contributed by atoms with Gasteiger partial charge >= 0.3 is 0 Å². The molecular weight excluding hydrogens is 266 g/mol. The summed E-state index contributed by atoms with van der Waals surface area (Å²) in [5.74, 6) is 2.97. The number of hydrogen-bond acceptors (Lipinski definition) is 3. The molecule has 0 unspecified atom stereocenters.